The van der Waals surface area contributed by atoms with E-state index in [0.29, 0.717) is 13.1 Å². The van der Waals surface area contributed by atoms with E-state index in [9.17, 15) is 9.90 Å². The van der Waals surface area contributed by atoms with E-state index in [1.807, 2.05) is 6.07 Å². The minimum atomic E-state index is -0.116. The van der Waals surface area contributed by atoms with Crippen LogP contribution in [0.25, 0.3) is 6.08 Å². The molecule has 0 saturated heterocycles. The quantitative estimate of drug-likeness (QED) is 0.386. The molecule has 0 atom stereocenters. The van der Waals surface area contributed by atoms with Crippen LogP contribution in [-0.2, 0) is 4.79 Å². The molecule has 0 aromatic heterocycles. The minimum Gasteiger partial charge on any atom is -0.508 e. The van der Waals surface area contributed by atoms with Gasteiger partial charge in [-0.2, -0.15) is 0 Å². The number of hydrogen-bond acceptors (Lipinski definition) is 4. The van der Waals surface area contributed by atoms with Crippen molar-refractivity contribution in [3.8, 4) is 5.75 Å². The molecule has 0 fully saturated rings. The number of aromatic hydroxyl groups is 1. The summed E-state index contributed by atoms with van der Waals surface area (Å²) in [5, 5.41) is 15.4. The van der Waals surface area contributed by atoms with E-state index >= 15 is 0 Å². The van der Waals surface area contributed by atoms with Crippen molar-refractivity contribution in [2.45, 2.75) is 19.3 Å². The van der Waals surface area contributed by atoms with E-state index in [-0.39, 0.29) is 11.7 Å². The molecule has 5 nitrogen and oxygen atoms in total. The van der Waals surface area contributed by atoms with Gasteiger partial charge in [0.05, 0.1) is 0 Å². The van der Waals surface area contributed by atoms with Gasteiger partial charge in [-0.05, 0) is 62.7 Å². The van der Waals surface area contributed by atoms with Gasteiger partial charge in [0.1, 0.15) is 5.75 Å². The Morgan fingerprint density at radius 2 is 1.95 bits per heavy atom. The third-order valence-electron chi connectivity index (χ3n) is 2.93. The number of carbonyl (C=O) groups is 1. The average molecular weight is 291 g/mol. The lowest BCUT2D eigenvalue weighted by molar-refractivity contribution is -0.116. The molecule has 21 heavy (non-hydrogen) atoms. The predicted octanol–water partition coefficient (Wildman–Crippen LogP) is 1.24. The van der Waals surface area contributed by atoms with Crippen LogP contribution in [0.15, 0.2) is 30.3 Å². The van der Waals surface area contributed by atoms with Crippen molar-refractivity contribution in [2.24, 2.45) is 5.73 Å². The number of benzene rings is 1. The Morgan fingerprint density at radius 3 is 2.71 bits per heavy atom. The molecule has 0 aliphatic heterocycles. The molecule has 0 unspecified atom stereocenters. The highest BCUT2D eigenvalue weighted by Crippen LogP contribution is 2.11. The Hall–Kier alpha value is -1.85. The number of carbonyl (C=O) groups excluding carboxylic acids is 1. The zero-order chi connectivity index (χ0) is 15.3. The Kier molecular flexibility index (Phi) is 8.91. The summed E-state index contributed by atoms with van der Waals surface area (Å²) in [6.07, 6.45) is 6.14. The fourth-order valence-electron chi connectivity index (χ4n) is 1.80. The minimum absolute atomic E-state index is 0.116. The third kappa shape index (κ3) is 8.83. The fourth-order valence-corrected chi connectivity index (χ4v) is 1.80. The molecule has 5 N–H and O–H groups in total. The van der Waals surface area contributed by atoms with Gasteiger partial charge in [-0.15, -0.1) is 0 Å². The van der Waals surface area contributed by atoms with Crippen molar-refractivity contribution >= 4 is 12.0 Å². The van der Waals surface area contributed by atoms with Crippen LogP contribution in [0, 0.1) is 0 Å². The van der Waals surface area contributed by atoms with Crippen LogP contribution in [0.2, 0.25) is 0 Å². The Bertz CT molecular complexity index is 447. The topological polar surface area (TPSA) is 87.4 Å². The van der Waals surface area contributed by atoms with E-state index in [1.54, 1.807) is 24.3 Å². The molecule has 0 radical (unpaired) electrons. The highest BCUT2D eigenvalue weighted by Gasteiger charge is 1.96. The normalized spacial score (nSPS) is 10.9. The summed E-state index contributed by atoms with van der Waals surface area (Å²) in [5.41, 5.74) is 6.20. The molecule has 0 aliphatic carbocycles. The molecule has 0 spiro atoms. The molecule has 1 rings (SSSR count). The van der Waals surface area contributed by atoms with Gasteiger partial charge in [0, 0.05) is 12.6 Å². The summed E-state index contributed by atoms with van der Waals surface area (Å²) in [6, 6.07) is 6.77. The monoisotopic (exact) mass is 291 g/mol. The smallest absolute Gasteiger partial charge is 0.243 e. The summed E-state index contributed by atoms with van der Waals surface area (Å²) >= 11 is 0. The van der Waals surface area contributed by atoms with Gasteiger partial charge in [-0.3, -0.25) is 4.79 Å². The summed E-state index contributed by atoms with van der Waals surface area (Å²) < 4.78 is 0. The summed E-state index contributed by atoms with van der Waals surface area (Å²) in [7, 11) is 0. The molecule has 1 aromatic carbocycles. The summed E-state index contributed by atoms with van der Waals surface area (Å²) in [6.45, 7) is 3.29. The van der Waals surface area contributed by atoms with Crippen LogP contribution in [0.4, 0.5) is 0 Å². The average Bonchev–Trinajstić information content (AvgIpc) is 2.48. The molecule has 0 heterocycles. The number of rotatable bonds is 10. The standard InChI is InChI=1S/C16H25N3O2/c17-9-4-11-18-10-1-2-12-19-16(21)8-7-14-5-3-6-15(20)13-14/h3,5-8,13,18,20H,1-2,4,9-12,17H2,(H,19,21). The first-order chi connectivity index (χ1) is 10.2. The van der Waals surface area contributed by atoms with Crippen molar-refractivity contribution in [3.63, 3.8) is 0 Å². The second-order valence-electron chi connectivity index (χ2n) is 4.82. The molecule has 5 heteroatoms. The number of unbranched alkanes of at least 4 members (excludes halogenated alkanes) is 1. The van der Waals surface area contributed by atoms with Crippen LogP contribution >= 0.6 is 0 Å². The van der Waals surface area contributed by atoms with Crippen LogP contribution in [0.5, 0.6) is 5.75 Å². The summed E-state index contributed by atoms with van der Waals surface area (Å²) in [4.78, 5) is 11.6. The molecule has 0 bridgehead atoms. The van der Waals surface area contributed by atoms with E-state index in [1.165, 1.54) is 6.08 Å². The number of phenolic OH excluding ortho intramolecular Hbond substituents is 1. The second-order valence-corrected chi connectivity index (χ2v) is 4.82. The zero-order valence-electron chi connectivity index (χ0n) is 12.3. The van der Waals surface area contributed by atoms with Crippen molar-refractivity contribution < 1.29 is 9.90 Å². The third-order valence-corrected chi connectivity index (χ3v) is 2.93. The molecule has 0 saturated carbocycles. The van der Waals surface area contributed by atoms with Crippen molar-refractivity contribution in [1.82, 2.24) is 10.6 Å². The van der Waals surface area contributed by atoms with Crippen LogP contribution < -0.4 is 16.4 Å². The van der Waals surface area contributed by atoms with Crippen LogP contribution in [-0.4, -0.2) is 37.2 Å². The number of nitrogens with two attached hydrogens (primary N) is 1. The molecular weight excluding hydrogens is 266 g/mol. The van der Waals surface area contributed by atoms with E-state index in [2.05, 4.69) is 10.6 Å². The van der Waals surface area contributed by atoms with E-state index in [0.717, 1.165) is 37.9 Å². The molecule has 116 valence electrons. The predicted molar refractivity (Wildman–Crippen MR) is 85.9 cm³/mol. The maximum Gasteiger partial charge on any atom is 0.243 e. The first-order valence-corrected chi connectivity index (χ1v) is 7.38. The molecular formula is C16H25N3O2. The lowest BCUT2D eigenvalue weighted by atomic mass is 10.2. The number of hydrogen-bond donors (Lipinski definition) is 4. The van der Waals surface area contributed by atoms with E-state index in [4.69, 9.17) is 5.73 Å². The molecule has 0 aliphatic rings. The Balaban J connectivity index is 2.09. The Labute approximate surface area is 126 Å². The zero-order valence-corrected chi connectivity index (χ0v) is 12.3. The van der Waals surface area contributed by atoms with Crippen molar-refractivity contribution in [1.29, 1.82) is 0 Å². The van der Waals surface area contributed by atoms with Crippen LogP contribution in [0.1, 0.15) is 24.8 Å². The van der Waals surface area contributed by atoms with Gasteiger partial charge in [0.25, 0.3) is 0 Å². The lowest BCUT2D eigenvalue weighted by Gasteiger charge is -2.04. The number of amides is 1. The Morgan fingerprint density at radius 1 is 1.19 bits per heavy atom. The van der Waals surface area contributed by atoms with Crippen molar-refractivity contribution in [2.75, 3.05) is 26.2 Å². The maximum absolute atomic E-state index is 11.6. The fraction of sp³-hybridized carbons (Fsp3) is 0.438. The molecule has 1 amide bonds. The van der Waals surface area contributed by atoms with Gasteiger partial charge in [-0.25, -0.2) is 0 Å². The van der Waals surface area contributed by atoms with Gasteiger partial charge < -0.3 is 21.5 Å². The van der Waals surface area contributed by atoms with Gasteiger partial charge >= 0.3 is 0 Å². The molecule has 1 aromatic rings. The van der Waals surface area contributed by atoms with Gasteiger partial charge in [0.15, 0.2) is 0 Å². The first kappa shape index (κ1) is 17.2. The summed E-state index contributed by atoms with van der Waals surface area (Å²) in [5.74, 6) is 0.0779. The van der Waals surface area contributed by atoms with Crippen LogP contribution in [0.3, 0.4) is 0 Å². The second kappa shape index (κ2) is 10.9. The SMILES string of the molecule is NCCCNCCCCNC(=O)C=Cc1cccc(O)c1. The van der Waals surface area contributed by atoms with Gasteiger partial charge in [0.2, 0.25) is 5.91 Å². The van der Waals surface area contributed by atoms with Crippen molar-refractivity contribution in [3.05, 3.63) is 35.9 Å². The lowest BCUT2D eigenvalue weighted by Crippen LogP contribution is -2.24. The number of phenols is 1. The highest BCUT2D eigenvalue weighted by molar-refractivity contribution is 5.91. The van der Waals surface area contributed by atoms with E-state index < -0.39 is 0 Å². The largest absolute Gasteiger partial charge is 0.508 e. The first-order valence-electron chi connectivity index (χ1n) is 7.38. The highest BCUT2D eigenvalue weighted by atomic mass is 16.3. The number of nitrogens with one attached hydrogen (secondary N) is 2. The maximum atomic E-state index is 11.6. The van der Waals surface area contributed by atoms with Gasteiger partial charge in [-0.1, -0.05) is 12.1 Å².